The lowest BCUT2D eigenvalue weighted by Gasteiger charge is -2.23. The molecular weight excluding hydrogens is 376 g/mol. The second-order valence-electron chi connectivity index (χ2n) is 5.93. The number of esters is 1. The van der Waals surface area contributed by atoms with Crippen LogP contribution >= 0.6 is 11.5 Å². The van der Waals surface area contributed by atoms with Crippen molar-refractivity contribution in [1.82, 2.24) is 4.37 Å². The number of anilines is 1. The first-order valence-electron chi connectivity index (χ1n) is 8.82. The number of benzene rings is 2. The van der Waals surface area contributed by atoms with Gasteiger partial charge in [0, 0.05) is 13.1 Å². The maximum absolute atomic E-state index is 12.2. The lowest BCUT2D eigenvalue weighted by atomic mass is 10.1. The van der Waals surface area contributed by atoms with E-state index in [-0.39, 0.29) is 17.2 Å². The van der Waals surface area contributed by atoms with E-state index >= 15 is 0 Å². The molecule has 3 rings (SSSR count). The van der Waals surface area contributed by atoms with Crippen molar-refractivity contribution in [1.29, 1.82) is 0 Å². The lowest BCUT2D eigenvalue weighted by molar-refractivity contribution is -0.120. The van der Waals surface area contributed by atoms with Gasteiger partial charge in [0.05, 0.1) is 6.61 Å². The molecule has 1 aromatic heterocycles. The van der Waals surface area contributed by atoms with Gasteiger partial charge in [-0.1, -0.05) is 60.7 Å². The summed E-state index contributed by atoms with van der Waals surface area (Å²) in [5.74, 6) is 0.0145. The molecule has 0 saturated carbocycles. The lowest BCUT2D eigenvalue weighted by Crippen LogP contribution is -2.23. The molecule has 0 saturated heterocycles. The van der Waals surface area contributed by atoms with Gasteiger partial charge in [-0.05, 0) is 29.6 Å². The third kappa shape index (κ3) is 4.75. The normalized spacial score (nSPS) is 10.3. The highest BCUT2D eigenvalue weighted by Crippen LogP contribution is 2.36. The summed E-state index contributed by atoms with van der Waals surface area (Å²) in [7, 11) is 0. The molecule has 6 nitrogen and oxygen atoms in total. The number of hydrogen-bond donors (Lipinski definition) is 0. The van der Waals surface area contributed by atoms with E-state index in [0.29, 0.717) is 25.4 Å². The SMILES string of the molecule is CCOC(=O)c1snc(N(Cc2ccccc2)Cc2ccccc2)c1OC=O. The number of ether oxygens (including phenoxy) is 2. The molecule has 1 heterocycles. The van der Waals surface area contributed by atoms with E-state index in [1.807, 2.05) is 65.6 Å². The minimum Gasteiger partial charge on any atom is -0.462 e. The first-order valence-corrected chi connectivity index (χ1v) is 9.60. The molecule has 0 N–H and O–H groups in total. The predicted molar refractivity (Wildman–Crippen MR) is 108 cm³/mol. The van der Waals surface area contributed by atoms with Gasteiger partial charge in [-0.2, -0.15) is 4.37 Å². The van der Waals surface area contributed by atoms with E-state index < -0.39 is 5.97 Å². The van der Waals surface area contributed by atoms with Crippen LogP contribution in [0.3, 0.4) is 0 Å². The van der Waals surface area contributed by atoms with Gasteiger partial charge < -0.3 is 14.4 Å². The maximum atomic E-state index is 12.2. The van der Waals surface area contributed by atoms with Crippen molar-refractivity contribution in [2.45, 2.75) is 20.0 Å². The molecule has 0 aliphatic rings. The Morgan fingerprint density at radius 1 is 1.04 bits per heavy atom. The van der Waals surface area contributed by atoms with E-state index in [2.05, 4.69) is 4.37 Å². The Hall–Kier alpha value is -3.19. The summed E-state index contributed by atoms with van der Waals surface area (Å²) < 4.78 is 14.6. The molecule has 0 bridgehead atoms. The number of carbonyl (C=O) groups excluding carboxylic acids is 2. The van der Waals surface area contributed by atoms with Gasteiger partial charge in [0.2, 0.25) is 0 Å². The molecule has 0 unspecified atom stereocenters. The van der Waals surface area contributed by atoms with Gasteiger partial charge in [-0.25, -0.2) is 4.79 Å². The summed E-state index contributed by atoms with van der Waals surface area (Å²) in [6.07, 6.45) is 0. The summed E-state index contributed by atoms with van der Waals surface area (Å²) in [6.45, 7) is 3.33. The summed E-state index contributed by atoms with van der Waals surface area (Å²) in [5.41, 5.74) is 2.14. The van der Waals surface area contributed by atoms with Crippen LogP contribution in [0.15, 0.2) is 60.7 Å². The number of nitrogens with zero attached hydrogens (tertiary/aromatic N) is 2. The number of carbonyl (C=O) groups is 2. The van der Waals surface area contributed by atoms with E-state index in [9.17, 15) is 9.59 Å². The fourth-order valence-electron chi connectivity index (χ4n) is 2.77. The molecule has 2 aromatic carbocycles. The zero-order chi connectivity index (χ0) is 19.8. The van der Waals surface area contributed by atoms with Gasteiger partial charge in [0.1, 0.15) is 0 Å². The quantitative estimate of drug-likeness (QED) is 0.401. The number of aromatic nitrogens is 1. The summed E-state index contributed by atoms with van der Waals surface area (Å²) in [5, 5.41) is 0. The third-order valence-electron chi connectivity index (χ3n) is 3.99. The first-order chi connectivity index (χ1) is 13.7. The Labute approximate surface area is 167 Å². The molecule has 3 aromatic rings. The highest BCUT2D eigenvalue weighted by Gasteiger charge is 2.26. The van der Waals surface area contributed by atoms with E-state index in [0.717, 1.165) is 22.7 Å². The van der Waals surface area contributed by atoms with E-state index in [4.69, 9.17) is 9.47 Å². The fourth-order valence-corrected chi connectivity index (χ4v) is 3.50. The van der Waals surface area contributed by atoms with Crippen molar-refractivity contribution >= 4 is 29.8 Å². The Bertz CT molecular complexity index is 871. The first kappa shape index (κ1) is 19.6. The summed E-state index contributed by atoms with van der Waals surface area (Å²) in [4.78, 5) is 25.5. The van der Waals surface area contributed by atoms with Crippen molar-refractivity contribution in [3.05, 3.63) is 76.7 Å². The van der Waals surface area contributed by atoms with Crippen LogP contribution in [-0.4, -0.2) is 23.4 Å². The van der Waals surface area contributed by atoms with Crippen molar-refractivity contribution in [3.63, 3.8) is 0 Å². The molecule has 28 heavy (non-hydrogen) atoms. The molecular formula is C21H20N2O4S. The van der Waals surface area contributed by atoms with Crippen LogP contribution in [0.1, 0.15) is 27.7 Å². The van der Waals surface area contributed by atoms with Crippen molar-refractivity contribution in [3.8, 4) is 5.75 Å². The molecule has 0 aliphatic heterocycles. The van der Waals surface area contributed by atoms with Gasteiger partial charge in [0.25, 0.3) is 6.47 Å². The molecule has 7 heteroatoms. The molecule has 144 valence electrons. The number of rotatable bonds is 9. The summed E-state index contributed by atoms with van der Waals surface area (Å²) >= 11 is 0.964. The monoisotopic (exact) mass is 396 g/mol. The zero-order valence-electron chi connectivity index (χ0n) is 15.4. The van der Waals surface area contributed by atoms with Gasteiger partial charge in [-0.15, -0.1) is 0 Å². The van der Waals surface area contributed by atoms with Crippen LogP contribution in [-0.2, 0) is 22.6 Å². The highest BCUT2D eigenvalue weighted by atomic mass is 32.1. The van der Waals surface area contributed by atoms with Crippen molar-refractivity contribution in [2.24, 2.45) is 0 Å². The minimum absolute atomic E-state index is 0.130. The largest absolute Gasteiger partial charge is 0.462 e. The molecule has 0 spiro atoms. The van der Waals surface area contributed by atoms with Gasteiger partial charge >= 0.3 is 5.97 Å². The standard InChI is InChI=1S/C21H20N2O4S/c1-2-26-21(25)19-18(27-15-24)20(22-28-19)23(13-16-9-5-3-6-10-16)14-17-11-7-4-8-12-17/h3-12,15H,2,13-14H2,1H3. The van der Waals surface area contributed by atoms with Crippen molar-refractivity contribution < 1.29 is 19.1 Å². The third-order valence-corrected chi connectivity index (χ3v) is 4.79. The van der Waals surface area contributed by atoms with E-state index in [1.54, 1.807) is 6.92 Å². The van der Waals surface area contributed by atoms with Crippen molar-refractivity contribution in [2.75, 3.05) is 11.5 Å². The molecule has 0 fully saturated rings. The number of hydrogen-bond acceptors (Lipinski definition) is 7. The second-order valence-corrected chi connectivity index (χ2v) is 6.70. The Balaban J connectivity index is 1.98. The van der Waals surface area contributed by atoms with Crippen LogP contribution in [0.4, 0.5) is 5.82 Å². The Morgan fingerprint density at radius 2 is 1.61 bits per heavy atom. The van der Waals surface area contributed by atoms with Crippen LogP contribution in [0.25, 0.3) is 0 Å². The average molecular weight is 396 g/mol. The molecule has 0 amide bonds. The minimum atomic E-state index is -0.553. The van der Waals surface area contributed by atoms with E-state index in [1.165, 1.54) is 0 Å². The molecule has 0 aliphatic carbocycles. The van der Waals surface area contributed by atoms with Gasteiger partial charge in [0.15, 0.2) is 16.4 Å². The Morgan fingerprint density at radius 3 is 2.11 bits per heavy atom. The topological polar surface area (TPSA) is 68.7 Å². The molecule has 0 atom stereocenters. The smallest absolute Gasteiger partial charge is 0.353 e. The van der Waals surface area contributed by atoms with Crippen LogP contribution < -0.4 is 9.64 Å². The second kappa shape index (κ2) is 9.66. The average Bonchev–Trinajstić information content (AvgIpc) is 3.13. The zero-order valence-corrected chi connectivity index (χ0v) is 16.2. The van der Waals surface area contributed by atoms with Crippen LogP contribution in [0.5, 0.6) is 5.75 Å². The van der Waals surface area contributed by atoms with Crippen LogP contribution in [0, 0.1) is 0 Å². The predicted octanol–water partition coefficient (Wildman–Crippen LogP) is 4.06. The Kier molecular flexibility index (Phi) is 6.75. The maximum Gasteiger partial charge on any atom is 0.353 e. The fraction of sp³-hybridized carbons (Fsp3) is 0.190. The molecule has 0 radical (unpaired) electrons. The van der Waals surface area contributed by atoms with Gasteiger partial charge in [-0.3, -0.25) is 4.79 Å². The van der Waals surface area contributed by atoms with Crippen LogP contribution in [0.2, 0.25) is 0 Å². The summed E-state index contributed by atoms with van der Waals surface area (Å²) in [6, 6.07) is 19.8. The highest BCUT2D eigenvalue weighted by molar-refractivity contribution is 7.08.